The highest BCUT2D eigenvalue weighted by molar-refractivity contribution is 7.87. The van der Waals surface area contributed by atoms with Gasteiger partial charge in [0.2, 0.25) is 0 Å². The third-order valence-electron chi connectivity index (χ3n) is 3.89. The Kier molecular flexibility index (Phi) is 6.23. The van der Waals surface area contributed by atoms with Gasteiger partial charge in [-0.05, 0) is 26.2 Å². The zero-order chi connectivity index (χ0) is 14.5. The largest absolute Gasteiger partial charge is 0.389 e. The van der Waals surface area contributed by atoms with E-state index in [-0.39, 0.29) is 12.6 Å². The molecule has 0 aromatic heterocycles. The molecule has 0 saturated heterocycles. The summed E-state index contributed by atoms with van der Waals surface area (Å²) in [5, 5.41) is 10.0. The molecule has 1 atom stereocenters. The van der Waals surface area contributed by atoms with E-state index in [1.807, 2.05) is 6.92 Å². The van der Waals surface area contributed by atoms with Crippen molar-refractivity contribution >= 4 is 10.2 Å². The van der Waals surface area contributed by atoms with Crippen molar-refractivity contribution in [2.75, 3.05) is 13.6 Å². The van der Waals surface area contributed by atoms with Crippen LogP contribution in [0.2, 0.25) is 0 Å². The number of hydrogen-bond donors (Lipinski definition) is 2. The minimum atomic E-state index is -3.49. The zero-order valence-corrected chi connectivity index (χ0v) is 13.2. The highest BCUT2D eigenvalue weighted by atomic mass is 32.2. The summed E-state index contributed by atoms with van der Waals surface area (Å²) in [5.74, 6) is 0. The van der Waals surface area contributed by atoms with Gasteiger partial charge < -0.3 is 5.11 Å². The second-order valence-corrected chi connectivity index (χ2v) is 7.70. The van der Waals surface area contributed by atoms with Crippen LogP contribution in [0.15, 0.2) is 0 Å². The van der Waals surface area contributed by atoms with Crippen LogP contribution < -0.4 is 4.72 Å². The number of nitrogens with zero attached hydrogens (tertiary/aromatic N) is 1. The summed E-state index contributed by atoms with van der Waals surface area (Å²) in [7, 11) is -1.86. The van der Waals surface area contributed by atoms with E-state index in [1.165, 1.54) is 10.7 Å². The lowest BCUT2D eigenvalue weighted by molar-refractivity contribution is 0.0549. The van der Waals surface area contributed by atoms with Crippen LogP contribution in [0.5, 0.6) is 0 Å². The minimum Gasteiger partial charge on any atom is -0.389 e. The van der Waals surface area contributed by atoms with Crippen molar-refractivity contribution in [3.05, 3.63) is 0 Å². The first-order valence-corrected chi connectivity index (χ1v) is 8.67. The summed E-state index contributed by atoms with van der Waals surface area (Å²) in [5.41, 5.74) is -0.977. The third-order valence-corrected chi connectivity index (χ3v) is 5.46. The van der Waals surface area contributed by atoms with Gasteiger partial charge in [-0.2, -0.15) is 17.4 Å². The molecule has 1 aliphatic rings. The van der Waals surface area contributed by atoms with E-state index in [4.69, 9.17) is 0 Å². The van der Waals surface area contributed by atoms with Gasteiger partial charge in [-0.15, -0.1) is 0 Å². The predicted molar refractivity (Wildman–Crippen MR) is 77.1 cm³/mol. The lowest BCUT2D eigenvalue weighted by atomic mass is 9.96. The maximum atomic E-state index is 12.2. The molecule has 1 unspecified atom stereocenters. The van der Waals surface area contributed by atoms with Crippen molar-refractivity contribution in [1.29, 1.82) is 0 Å². The van der Waals surface area contributed by atoms with E-state index in [0.29, 0.717) is 6.42 Å². The summed E-state index contributed by atoms with van der Waals surface area (Å²) >= 11 is 0. The van der Waals surface area contributed by atoms with Crippen LogP contribution in [0.4, 0.5) is 0 Å². The lowest BCUT2D eigenvalue weighted by Crippen LogP contribution is -2.49. The van der Waals surface area contributed by atoms with Gasteiger partial charge >= 0.3 is 0 Å². The summed E-state index contributed by atoms with van der Waals surface area (Å²) in [6.07, 6.45) is 6.67. The van der Waals surface area contributed by atoms with Gasteiger partial charge in [-0.25, -0.2) is 0 Å². The Morgan fingerprint density at radius 3 is 2.42 bits per heavy atom. The number of nitrogens with one attached hydrogen (secondary N) is 1. The van der Waals surface area contributed by atoms with E-state index in [1.54, 1.807) is 14.0 Å². The van der Waals surface area contributed by atoms with Crippen LogP contribution in [-0.4, -0.2) is 43.1 Å². The average molecular weight is 292 g/mol. The molecule has 0 radical (unpaired) electrons. The van der Waals surface area contributed by atoms with E-state index in [0.717, 1.165) is 32.1 Å². The van der Waals surface area contributed by atoms with Crippen LogP contribution in [0.3, 0.4) is 0 Å². The Balaban J connectivity index is 2.54. The molecule has 1 fully saturated rings. The molecule has 0 aromatic carbocycles. The second-order valence-electron chi connectivity index (χ2n) is 5.88. The van der Waals surface area contributed by atoms with Gasteiger partial charge in [0.15, 0.2) is 0 Å². The average Bonchev–Trinajstić information content (AvgIpc) is 2.37. The second kappa shape index (κ2) is 7.02. The Morgan fingerprint density at radius 2 is 1.89 bits per heavy atom. The van der Waals surface area contributed by atoms with Crippen molar-refractivity contribution in [2.24, 2.45) is 0 Å². The first-order valence-electron chi connectivity index (χ1n) is 7.23. The molecule has 1 rings (SSSR count). The molecule has 0 aliphatic heterocycles. The summed E-state index contributed by atoms with van der Waals surface area (Å²) in [4.78, 5) is 0. The highest BCUT2D eigenvalue weighted by Crippen LogP contribution is 2.23. The smallest absolute Gasteiger partial charge is 0.279 e. The van der Waals surface area contributed by atoms with Gasteiger partial charge in [0, 0.05) is 19.6 Å². The maximum Gasteiger partial charge on any atom is 0.279 e. The number of aliphatic hydroxyl groups is 1. The third kappa shape index (κ3) is 5.38. The molecule has 6 heteroatoms. The minimum absolute atomic E-state index is 0.0697. The van der Waals surface area contributed by atoms with Crippen LogP contribution in [0.1, 0.15) is 58.8 Å². The Bertz CT molecular complexity index is 362. The van der Waals surface area contributed by atoms with Crippen molar-refractivity contribution in [3.63, 3.8) is 0 Å². The van der Waals surface area contributed by atoms with Crippen LogP contribution in [-0.2, 0) is 10.2 Å². The van der Waals surface area contributed by atoms with Crippen molar-refractivity contribution in [3.8, 4) is 0 Å². The Hall–Kier alpha value is -0.170. The normalized spacial score (nSPS) is 21.5. The molecule has 0 spiro atoms. The van der Waals surface area contributed by atoms with E-state index < -0.39 is 15.8 Å². The van der Waals surface area contributed by atoms with Crippen molar-refractivity contribution in [1.82, 2.24) is 9.03 Å². The van der Waals surface area contributed by atoms with Crippen LogP contribution >= 0.6 is 0 Å². The fourth-order valence-corrected chi connectivity index (χ4v) is 3.92. The van der Waals surface area contributed by atoms with Gasteiger partial charge in [0.25, 0.3) is 10.2 Å². The van der Waals surface area contributed by atoms with E-state index in [9.17, 15) is 13.5 Å². The first-order chi connectivity index (χ1) is 8.78. The molecule has 1 aliphatic carbocycles. The van der Waals surface area contributed by atoms with Gasteiger partial charge in [-0.1, -0.05) is 32.6 Å². The fraction of sp³-hybridized carbons (Fsp3) is 1.00. The molecular formula is C13H28N2O3S. The molecule has 0 bridgehead atoms. The molecule has 0 aromatic rings. The number of hydrogen-bond acceptors (Lipinski definition) is 3. The molecule has 0 heterocycles. The van der Waals surface area contributed by atoms with E-state index in [2.05, 4.69) is 4.72 Å². The summed E-state index contributed by atoms with van der Waals surface area (Å²) in [6, 6.07) is 0.0994. The molecule has 5 nitrogen and oxygen atoms in total. The zero-order valence-electron chi connectivity index (χ0n) is 12.4. The molecule has 19 heavy (non-hydrogen) atoms. The highest BCUT2D eigenvalue weighted by Gasteiger charge is 2.29. The quantitative estimate of drug-likeness (QED) is 0.749. The summed E-state index contributed by atoms with van der Waals surface area (Å²) in [6.45, 7) is 3.71. The molecule has 1 saturated carbocycles. The van der Waals surface area contributed by atoms with Gasteiger partial charge in [0.05, 0.1) is 5.60 Å². The molecule has 0 amide bonds. The van der Waals surface area contributed by atoms with Gasteiger partial charge in [0.1, 0.15) is 0 Å². The topological polar surface area (TPSA) is 69.6 Å². The van der Waals surface area contributed by atoms with Crippen molar-refractivity contribution < 1.29 is 13.5 Å². The monoisotopic (exact) mass is 292 g/mol. The molecular weight excluding hydrogens is 264 g/mol. The van der Waals surface area contributed by atoms with Crippen molar-refractivity contribution in [2.45, 2.75) is 70.4 Å². The fourth-order valence-electron chi connectivity index (χ4n) is 2.62. The first kappa shape index (κ1) is 16.9. The van der Waals surface area contributed by atoms with Crippen LogP contribution in [0, 0.1) is 0 Å². The van der Waals surface area contributed by atoms with Gasteiger partial charge in [-0.3, -0.25) is 0 Å². The lowest BCUT2D eigenvalue weighted by Gasteiger charge is -2.31. The van der Waals surface area contributed by atoms with E-state index >= 15 is 0 Å². The predicted octanol–water partition coefficient (Wildman–Crippen LogP) is 1.64. The SMILES string of the molecule is CCCC(C)(O)CNS(=O)(=O)N(C)C1CCCCC1. The molecule has 2 N–H and O–H groups in total. The Labute approximate surface area is 117 Å². The van der Waals surface area contributed by atoms with Crippen LogP contribution in [0.25, 0.3) is 0 Å². The molecule has 114 valence electrons. The number of rotatable bonds is 7. The maximum absolute atomic E-state index is 12.2. The Morgan fingerprint density at radius 1 is 1.32 bits per heavy atom. The summed E-state index contributed by atoms with van der Waals surface area (Å²) < 4.78 is 28.3. The standard InChI is InChI=1S/C13H28N2O3S/c1-4-10-13(2,16)11-14-19(17,18)15(3)12-8-6-5-7-9-12/h12,14,16H,4-11H2,1-3H3.